The van der Waals surface area contributed by atoms with Crippen molar-refractivity contribution in [3.63, 3.8) is 0 Å². The Morgan fingerprint density at radius 3 is 2.09 bits per heavy atom. The predicted octanol–water partition coefficient (Wildman–Crippen LogP) is 3.69. The fourth-order valence-corrected chi connectivity index (χ4v) is 3.69. The lowest BCUT2D eigenvalue weighted by Crippen LogP contribution is -2.28. The molecule has 0 aromatic heterocycles. The minimum Gasteiger partial charge on any atom is -0.497 e. The molecule has 0 fully saturated rings. The van der Waals surface area contributed by atoms with Gasteiger partial charge in [-0.05, 0) is 48.2 Å². The molecule has 0 aliphatic rings. The van der Waals surface area contributed by atoms with E-state index in [1.165, 1.54) is 0 Å². The molecule has 0 aliphatic carbocycles. The Morgan fingerprint density at radius 2 is 1.61 bits per heavy atom. The highest BCUT2D eigenvalue weighted by atomic mass is 32.2. The number of ether oxygens (including phenoxy) is 1. The lowest BCUT2D eigenvalue weighted by atomic mass is 10.1. The van der Waals surface area contributed by atoms with Gasteiger partial charge in [-0.3, -0.25) is 0 Å². The molecular formula is C18H23NO3S. The Balaban J connectivity index is 2.21. The summed E-state index contributed by atoms with van der Waals surface area (Å²) >= 11 is 0. The third-order valence-corrected chi connectivity index (χ3v) is 5.35. The molecule has 0 saturated carbocycles. The average molecular weight is 333 g/mol. The van der Waals surface area contributed by atoms with Crippen molar-refractivity contribution in [3.8, 4) is 5.75 Å². The quantitative estimate of drug-likeness (QED) is 0.841. The maximum Gasteiger partial charge on any atom is 0.241 e. The lowest BCUT2D eigenvalue weighted by molar-refractivity contribution is 0.414. The van der Waals surface area contributed by atoms with E-state index in [0.29, 0.717) is 11.3 Å². The van der Waals surface area contributed by atoms with Gasteiger partial charge in [0.2, 0.25) is 10.0 Å². The van der Waals surface area contributed by atoms with Gasteiger partial charge in [0.1, 0.15) is 5.75 Å². The van der Waals surface area contributed by atoms with Crippen LogP contribution < -0.4 is 9.46 Å². The predicted molar refractivity (Wildman–Crippen MR) is 92.2 cm³/mol. The first-order chi connectivity index (χ1) is 11.0. The molecule has 0 aliphatic heterocycles. The summed E-state index contributed by atoms with van der Waals surface area (Å²) in [6.07, 6.45) is 1.55. The fraction of sp³-hybridized carbons (Fsp3) is 0.333. The molecule has 5 heteroatoms. The molecule has 124 valence electrons. The van der Waals surface area contributed by atoms with Crippen molar-refractivity contribution in [2.75, 3.05) is 7.11 Å². The van der Waals surface area contributed by atoms with Gasteiger partial charge in [-0.1, -0.05) is 38.1 Å². The third kappa shape index (κ3) is 4.33. The normalized spacial score (nSPS) is 12.8. The maximum absolute atomic E-state index is 12.6. The number of hydrogen-bond acceptors (Lipinski definition) is 3. The van der Waals surface area contributed by atoms with Crippen LogP contribution in [0.4, 0.5) is 0 Å². The molecule has 1 N–H and O–H groups in total. The number of rotatable bonds is 7. The summed E-state index contributed by atoms with van der Waals surface area (Å²) in [4.78, 5) is 0.293. The molecule has 0 radical (unpaired) electrons. The molecule has 0 amide bonds. The van der Waals surface area contributed by atoms with Crippen LogP contribution in [0.5, 0.6) is 5.75 Å². The van der Waals surface area contributed by atoms with E-state index in [0.717, 1.165) is 23.3 Å². The summed E-state index contributed by atoms with van der Waals surface area (Å²) in [5.41, 5.74) is 2.04. The van der Waals surface area contributed by atoms with Crippen LogP contribution >= 0.6 is 0 Å². The highest BCUT2D eigenvalue weighted by molar-refractivity contribution is 7.89. The van der Waals surface area contributed by atoms with Crippen LogP contribution in [0.3, 0.4) is 0 Å². The first-order valence-corrected chi connectivity index (χ1v) is 9.23. The van der Waals surface area contributed by atoms with Crippen LogP contribution in [0.15, 0.2) is 53.4 Å². The van der Waals surface area contributed by atoms with Crippen LogP contribution in [0, 0.1) is 0 Å². The van der Waals surface area contributed by atoms with E-state index in [1.807, 2.05) is 50.2 Å². The number of hydrogen-bond donors (Lipinski definition) is 1. The largest absolute Gasteiger partial charge is 0.497 e. The topological polar surface area (TPSA) is 55.4 Å². The second kappa shape index (κ2) is 7.62. The van der Waals surface area contributed by atoms with Gasteiger partial charge in [-0.2, -0.15) is 0 Å². The van der Waals surface area contributed by atoms with E-state index in [4.69, 9.17) is 4.74 Å². The summed E-state index contributed by atoms with van der Waals surface area (Å²) in [5.74, 6) is 0.751. The second-order valence-corrected chi connectivity index (χ2v) is 7.07. The second-order valence-electron chi connectivity index (χ2n) is 5.35. The fourth-order valence-electron chi connectivity index (χ4n) is 2.38. The van der Waals surface area contributed by atoms with E-state index in [9.17, 15) is 8.42 Å². The van der Waals surface area contributed by atoms with Gasteiger partial charge in [-0.25, -0.2) is 13.1 Å². The molecule has 4 nitrogen and oxygen atoms in total. The van der Waals surface area contributed by atoms with Crippen molar-refractivity contribution in [1.29, 1.82) is 0 Å². The molecule has 2 aromatic carbocycles. The van der Waals surface area contributed by atoms with E-state index < -0.39 is 10.0 Å². The summed E-state index contributed by atoms with van der Waals surface area (Å²) in [6.45, 7) is 4.00. The molecule has 23 heavy (non-hydrogen) atoms. The average Bonchev–Trinajstić information content (AvgIpc) is 2.60. The summed E-state index contributed by atoms with van der Waals surface area (Å²) in [7, 11) is -1.94. The van der Waals surface area contributed by atoms with Gasteiger partial charge in [0.25, 0.3) is 0 Å². The standard InChI is InChI=1S/C18H23NO3S/c1-4-14-6-12-17(13-7-14)23(20,21)19-18(5-2)15-8-10-16(22-3)11-9-15/h6-13,18-19H,4-5H2,1-3H3. The van der Waals surface area contributed by atoms with Gasteiger partial charge >= 0.3 is 0 Å². The zero-order chi connectivity index (χ0) is 16.9. The highest BCUT2D eigenvalue weighted by Crippen LogP contribution is 2.22. The number of benzene rings is 2. The number of aryl methyl sites for hydroxylation is 1. The van der Waals surface area contributed by atoms with Crippen molar-refractivity contribution < 1.29 is 13.2 Å². The van der Waals surface area contributed by atoms with Crippen molar-refractivity contribution in [1.82, 2.24) is 4.72 Å². The minimum absolute atomic E-state index is 0.267. The molecule has 0 spiro atoms. The number of methoxy groups -OCH3 is 1. The highest BCUT2D eigenvalue weighted by Gasteiger charge is 2.20. The zero-order valence-electron chi connectivity index (χ0n) is 13.7. The van der Waals surface area contributed by atoms with Gasteiger partial charge in [0, 0.05) is 6.04 Å². The Hall–Kier alpha value is -1.85. The SMILES string of the molecule is CCc1ccc(S(=O)(=O)NC(CC)c2ccc(OC)cc2)cc1. The maximum atomic E-state index is 12.6. The van der Waals surface area contributed by atoms with E-state index in [1.54, 1.807) is 19.2 Å². The van der Waals surface area contributed by atoms with Crippen molar-refractivity contribution in [2.24, 2.45) is 0 Å². The van der Waals surface area contributed by atoms with Crippen LogP contribution in [0.1, 0.15) is 37.4 Å². The number of sulfonamides is 1. The van der Waals surface area contributed by atoms with Crippen LogP contribution in [-0.4, -0.2) is 15.5 Å². The Morgan fingerprint density at radius 1 is 1.00 bits per heavy atom. The molecule has 2 aromatic rings. The van der Waals surface area contributed by atoms with Crippen LogP contribution in [0.2, 0.25) is 0 Å². The van der Waals surface area contributed by atoms with Crippen LogP contribution in [0.25, 0.3) is 0 Å². The Labute approximate surface area is 138 Å². The molecule has 0 bridgehead atoms. The monoisotopic (exact) mass is 333 g/mol. The van der Waals surface area contributed by atoms with Crippen molar-refractivity contribution in [3.05, 3.63) is 59.7 Å². The Kier molecular flexibility index (Phi) is 5.80. The molecule has 0 heterocycles. The van der Waals surface area contributed by atoms with E-state index in [2.05, 4.69) is 4.72 Å². The zero-order valence-corrected chi connectivity index (χ0v) is 14.6. The van der Waals surface area contributed by atoms with Crippen molar-refractivity contribution >= 4 is 10.0 Å². The lowest BCUT2D eigenvalue weighted by Gasteiger charge is -2.18. The molecule has 1 unspecified atom stereocenters. The molecular weight excluding hydrogens is 310 g/mol. The third-order valence-electron chi connectivity index (χ3n) is 3.87. The van der Waals surface area contributed by atoms with Gasteiger partial charge < -0.3 is 4.74 Å². The van der Waals surface area contributed by atoms with Crippen molar-refractivity contribution in [2.45, 2.75) is 37.6 Å². The first-order valence-electron chi connectivity index (χ1n) is 7.75. The van der Waals surface area contributed by atoms with E-state index in [-0.39, 0.29) is 6.04 Å². The van der Waals surface area contributed by atoms with Gasteiger partial charge in [0.05, 0.1) is 12.0 Å². The Bertz CT molecular complexity index is 722. The minimum atomic E-state index is -3.54. The van der Waals surface area contributed by atoms with Gasteiger partial charge in [0.15, 0.2) is 0 Å². The van der Waals surface area contributed by atoms with Crippen LogP contribution in [-0.2, 0) is 16.4 Å². The van der Waals surface area contributed by atoms with Gasteiger partial charge in [-0.15, -0.1) is 0 Å². The first kappa shape index (κ1) is 17.5. The summed E-state index contributed by atoms with van der Waals surface area (Å²) in [6, 6.07) is 14.2. The molecule has 1 atom stereocenters. The summed E-state index contributed by atoms with van der Waals surface area (Å²) < 4.78 is 33.0. The van der Waals surface area contributed by atoms with E-state index >= 15 is 0 Å². The smallest absolute Gasteiger partial charge is 0.241 e. The number of nitrogens with one attached hydrogen (secondary N) is 1. The molecule has 2 rings (SSSR count). The molecule has 0 saturated heterocycles. The summed E-state index contributed by atoms with van der Waals surface area (Å²) in [5, 5.41) is 0.